The summed E-state index contributed by atoms with van der Waals surface area (Å²) in [5.74, 6) is -0.318. The molecule has 0 saturated heterocycles. The van der Waals surface area contributed by atoms with Gasteiger partial charge >= 0.3 is 0 Å². The molecule has 0 aromatic heterocycles. The van der Waals surface area contributed by atoms with Crippen molar-refractivity contribution >= 4 is 9.84 Å². The molecule has 0 bridgehead atoms. The number of hydrogen-bond donors (Lipinski definition) is 1. The van der Waals surface area contributed by atoms with Crippen LogP contribution in [0.15, 0.2) is 59.5 Å². The van der Waals surface area contributed by atoms with Crippen molar-refractivity contribution in [3.05, 3.63) is 65.7 Å². The molecule has 0 heterocycles. The first kappa shape index (κ1) is 14.3. The monoisotopic (exact) mass is 302 g/mol. The van der Waals surface area contributed by atoms with Gasteiger partial charge in [-0.05, 0) is 24.6 Å². The zero-order chi connectivity index (χ0) is 15.0. The summed E-state index contributed by atoms with van der Waals surface area (Å²) in [7, 11) is -3.40. The van der Waals surface area contributed by atoms with Crippen molar-refractivity contribution < 1.29 is 13.5 Å². The first-order chi connectivity index (χ1) is 10.1. The molecule has 0 spiro atoms. The van der Waals surface area contributed by atoms with Crippen molar-refractivity contribution in [1.82, 2.24) is 0 Å². The standard InChI is InChI=1S/C17H18O3S/c1-12-7-9-14(10-8-12)21(19,20)17-15(11-18)16(17)13-5-3-2-4-6-13/h2-10,15-18H,11H2,1H3/t15-,16+,17-/m1/s1. The van der Waals surface area contributed by atoms with E-state index in [2.05, 4.69) is 0 Å². The van der Waals surface area contributed by atoms with Crippen molar-refractivity contribution in [1.29, 1.82) is 0 Å². The fourth-order valence-corrected chi connectivity index (χ4v) is 5.18. The Morgan fingerprint density at radius 2 is 1.62 bits per heavy atom. The van der Waals surface area contributed by atoms with Crippen LogP contribution in [0.3, 0.4) is 0 Å². The van der Waals surface area contributed by atoms with E-state index in [1.165, 1.54) is 0 Å². The Labute approximate surface area is 125 Å². The molecule has 2 aromatic rings. The highest BCUT2D eigenvalue weighted by molar-refractivity contribution is 7.92. The zero-order valence-corrected chi connectivity index (χ0v) is 12.6. The second-order valence-electron chi connectivity index (χ2n) is 5.61. The number of sulfone groups is 1. The Balaban J connectivity index is 1.94. The summed E-state index contributed by atoms with van der Waals surface area (Å²) < 4.78 is 25.5. The third-order valence-electron chi connectivity index (χ3n) is 4.20. The first-order valence-corrected chi connectivity index (χ1v) is 8.56. The fourth-order valence-electron chi connectivity index (χ4n) is 2.98. The summed E-state index contributed by atoms with van der Waals surface area (Å²) in [5, 5.41) is 8.98. The number of aliphatic hydroxyl groups is 1. The van der Waals surface area contributed by atoms with E-state index < -0.39 is 15.1 Å². The van der Waals surface area contributed by atoms with Gasteiger partial charge in [0.25, 0.3) is 0 Å². The first-order valence-electron chi connectivity index (χ1n) is 7.02. The number of aliphatic hydroxyl groups excluding tert-OH is 1. The van der Waals surface area contributed by atoms with Gasteiger partial charge in [-0.2, -0.15) is 0 Å². The van der Waals surface area contributed by atoms with E-state index in [1.807, 2.05) is 37.3 Å². The number of aryl methyl sites for hydroxylation is 1. The summed E-state index contributed by atoms with van der Waals surface area (Å²) in [6.45, 7) is 1.83. The van der Waals surface area contributed by atoms with Gasteiger partial charge in [0.15, 0.2) is 9.84 Å². The summed E-state index contributed by atoms with van der Waals surface area (Å²) >= 11 is 0. The number of hydrogen-bond acceptors (Lipinski definition) is 3. The highest BCUT2D eigenvalue weighted by Crippen LogP contribution is 2.53. The largest absolute Gasteiger partial charge is 0.396 e. The molecule has 2 aromatic carbocycles. The molecule has 0 radical (unpaired) electrons. The Kier molecular flexibility index (Phi) is 3.59. The van der Waals surface area contributed by atoms with Crippen molar-refractivity contribution in [2.24, 2.45) is 5.92 Å². The molecule has 1 aliphatic carbocycles. The van der Waals surface area contributed by atoms with Crippen LogP contribution in [0, 0.1) is 12.8 Å². The second kappa shape index (κ2) is 5.28. The van der Waals surface area contributed by atoms with Gasteiger partial charge in [0.2, 0.25) is 0 Å². The molecule has 1 N–H and O–H groups in total. The minimum absolute atomic E-state index is 0.102. The fraction of sp³-hybridized carbons (Fsp3) is 0.294. The molecule has 4 heteroatoms. The normalized spacial score (nSPS) is 24.8. The number of benzene rings is 2. The molecule has 3 atom stereocenters. The molecule has 0 aliphatic heterocycles. The average molecular weight is 302 g/mol. The predicted molar refractivity (Wildman–Crippen MR) is 81.9 cm³/mol. The zero-order valence-electron chi connectivity index (χ0n) is 11.8. The molecule has 1 saturated carbocycles. The summed E-state index contributed by atoms with van der Waals surface area (Å²) in [5.41, 5.74) is 2.01. The Morgan fingerprint density at radius 1 is 1.00 bits per heavy atom. The molecule has 110 valence electrons. The van der Waals surface area contributed by atoms with Gasteiger partial charge in [0, 0.05) is 18.4 Å². The molecule has 1 fully saturated rings. The van der Waals surface area contributed by atoms with Crippen molar-refractivity contribution in [3.8, 4) is 0 Å². The van der Waals surface area contributed by atoms with Crippen molar-refractivity contribution in [2.75, 3.05) is 6.61 Å². The smallest absolute Gasteiger partial charge is 0.182 e. The van der Waals surface area contributed by atoms with Crippen molar-refractivity contribution in [2.45, 2.75) is 23.0 Å². The maximum absolute atomic E-state index is 12.7. The Bertz CT molecular complexity index is 720. The third kappa shape index (κ3) is 2.49. The van der Waals surface area contributed by atoms with Gasteiger partial charge in [-0.15, -0.1) is 0 Å². The van der Waals surface area contributed by atoms with Gasteiger partial charge in [0.1, 0.15) is 0 Å². The minimum Gasteiger partial charge on any atom is -0.396 e. The molecule has 1 aliphatic rings. The van der Waals surface area contributed by atoms with Crippen LogP contribution in [0.4, 0.5) is 0 Å². The quantitative estimate of drug-likeness (QED) is 0.944. The van der Waals surface area contributed by atoms with Gasteiger partial charge < -0.3 is 5.11 Å². The van der Waals surface area contributed by atoms with E-state index in [4.69, 9.17) is 0 Å². The van der Waals surface area contributed by atoms with Gasteiger partial charge in [-0.1, -0.05) is 48.0 Å². The number of rotatable bonds is 4. The van der Waals surface area contributed by atoms with Crippen LogP contribution in [-0.2, 0) is 9.84 Å². The van der Waals surface area contributed by atoms with Crippen LogP contribution in [0.25, 0.3) is 0 Å². The predicted octanol–water partition coefficient (Wildman–Crippen LogP) is 2.54. The lowest BCUT2D eigenvalue weighted by molar-refractivity contribution is 0.274. The Hall–Kier alpha value is -1.65. The van der Waals surface area contributed by atoms with E-state index in [0.717, 1.165) is 11.1 Å². The van der Waals surface area contributed by atoms with E-state index in [9.17, 15) is 13.5 Å². The van der Waals surface area contributed by atoms with E-state index in [0.29, 0.717) is 4.90 Å². The molecule has 0 unspecified atom stereocenters. The molecule has 3 nitrogen and oxygen atoms in total. The van der Waals surface area contributed by atoms with Crippen LogP contribution < -0.4 is 0 Å². The summed E-state index contributed by atoms with van der Waals surface area (Å²) in [6.07, 6.45) is 0. The highest BCUT2D eigenvalue weighted by Gasteiger charge is 2.58. The summed E-state index contributed by atoms with van der Waals surface area (Å²) in [6, 6.07) is 16.5. The molecule has 21 heavy (non-hydrogen) atoms. The Morgan fingerprint density at radius 3 is 2.19 bits per heavy atom. The molecular formula is C17H18O3S. The SMILES string of the molecule is Cc1ccc(S(=O)(=O)[C@@H]2[C@H](CO)[C@@H]2c2ccccc2)cc1. The lowest BCUT2D eigenvalue weighted by Gasteiger charge is -2.05. The highest BCUT2D eigenvalue weighted by atomic mass is 32.2. The van der Waals surface area contributed by atoms with Crippen molar-refractivity contribution in [3.63, 3.8) is 0 Å². The van der Waals surface area contributed by atoms with E-state index in [-0.39, 0.29) is 18.4 Å². The van der Waals surface area contributed by atoms with E-state index >= 15 is 0 Å². The molecular weight excluding hydrogens is 284 g/mol. The lowest BCUT2D eigenvalue weighted by atomic mass is 10.1. The van der Waals surface area contributed by atoms with Crippen LogP contribution in [-0.4, -0.2) is 25.4 Å². The maximum atomic E-state index is 12.7. The van der Waals surface area contributed by atoms with Crippen LogP contribution in [0.2, 0.25) is 0 Å². The van der Waals surface area contributed by atoms with Gasteiger partial charge in [0.05, 0.1) is 10.1 Å². The van der Waals surface area contributed by atoms with Gasteiger partial charge in [-0.25, -0.2) is 8.42 Å². The van der Waals surface area contributed by atoms with Crippen LogP contribution >= 0.6 is 0 Å². The van der Waals surface area contributed by atoms with E-state index in [1.54, 1.807) is 24.3 Å². The second-order valence-corrected chi connectivity index (χ2v) is 7.71. The molecule has 3 rings (SSSR count). The van der Waals surface area contributed by atoms with Gasteiger partial charge in [-0.3, -0.25) is 0 Å². The maximum Gasteiger partial charge on any atom is 0.182 e. The average Bonchev–Trinajstić information content (AvgIpc) is 3.24. The minimum atomic E-state index is -3.40. The lowest BCUT2D eigenvalue weighted by Crippen LogP contribution is -2.11. The topological polar surface area (TPSA) is 54.4 Å². The third-order valence-corrected chi connectivity index (χ3v) is 6.49. The molecule has 0 amide bonds. The summed E-state index contributed by atoms with van der Waals surface area (Å²) in [4.78, 5) is 0.343. The van der Waals surface area contributed by atoms with Crippen LogP contribution in [0.5, 0.6) is 0 Å². The van der Waals surface area contributed by atoms with Crippen LogP contribution in [0.1, 0.15) is 17.0 Å².